The van der Waals surface area contributed by atoms with E-state index in [9.17, 15) is 0 Å². The van der Waals surface area contributed by atoms with Crippen LogP contribution in [0.1, 0.15) is 32.1 Å². The lowest BCUT2D eigenvalue weighted by Crippen LogP contribution is -1.93. The van der Waals surface area contributed by atoms with Crippen molar-refractivity contribution in [2.45, 2.75) is 32.1 Å². The van der Waals surface area contributed by atoms with E-state index in [1.807, 2.05) is 0 Å². The summed E-state index contributed by atoms with van der Waals surface area (Å²) in [6.07, 6.45) is 6.76. The van der Waals surface area contributed by atoms with Gasteiger partial charge in [0.15, 0.2) is 0 Å². The zero-order chi connectivity index (χ0) is 5.40. The van der Waals surface area contributed by atoms with E-state index >= 15 is 0 Å². The summed E-state index contributed by atoms with van der Waals surface area (Å²) >= 11 is 0. The molecule has 0 aromatic rings. The molecule has 0 bridgehead atoms. The predicted octanol–water partition coefficient (Wildman–Crippen LogP) is 2.42. The van der Waals surface area contributed by atoms with Crippen LogP contribution in [0.5, 0.6) is 0 Å². The average Bonchev–Trinajstić information content (AvgIpc) is 2.36. The molecular formula is C8H10. The van der Waals surface area contributed by atoms with Crippen molar-refractivity contribution in [1.82, 2.24) is 0 Å². The summed E-state index contributed by atoms with van der Waals surface area (Å²) in [5, 5.41) is 0. The molecule has 0 aromatic heterocycles. The van der Waals surface area contributed by atoms with Crippen LogP contribution in [0.3, 0.4) is 0 Å². The Kier molecular flexibility index (Phi) is 0.824. The lowest BCUT2D eigenvalue weighted by atomic mass is 9.93. The van der Waals surface area contributed by atoms with Crippen LogP contribution in [-0.4, -0.2) is 0 Å². The second-order valence-electron chi connectivity index (χ2n) is 2.69. The molecule has 0 heteroatoms. The fourth-order valence-corrected chi connectivity index (χ4v) is 0.916. The second-order valence-corrected chi connectivity index (χ2v) is 2.69. The third-order valence-corrected chi connectivity index (χ3v) is 1.81. The van der Waals surface area contributed by atoms with Crippen LogP contribution in [0.4, 0.5) is 0 Å². The molecular weight excluding hydrogens is 96.1 g/mol. The Morgan fingerprint density at radius 2 is 1.50 bits per heavy atom. The predicted molar refractivity (Wildman–Crippen MR) is 33.6 cm³/mol. The van der Waals surface area contributed by atoms with Gasteiger partial charge in [0, 0.05) is 0 Å². The molecule has 0 amide bonds. The van der Waals surface area contributed by atoms with Crippen molar-refractivity contribution in [2.75, 3.05) is 0 Å². The van der Waals surface area contributed by atoms with E-state index in [1.165, 1.54) is 32.1 Å². The highest BCUT2D eigenvalue weighted by Crippen LogP contribution is 2.31. The topological polar surface area (TPSA) is 0 Å². The van der Waals surface area contributed by atoms with Crippen molar-refractivity contribution in [3.05, 3.63) is 16.9 Å². The van der Waals surface area contributed by atoms with Gasteiger partial charge in [-0.25, -0.2) is 0 Å². The molecule has 0 N–H and O–H groups in total. The highest BCUT2D eigenvalue weighted by atomic mass is 14.2. The van der Waals surface area contributed by atoms with Crippen molar-refractivity contribution in [3.8, 4) is 0 Å². The third-order valence-electron chi connectivity index (χ3n) is 1.81. The summed E-state index contributed by atoms with van der Waals surface area (Å²) in [7, 11) is 0. The number of rotatable bonds is 0. The maximum Gasteiger partial charge on any atom is -0.0200 e. The van der Waals surface area contributed by atoms with Gasteiger partial charge < -0.3 is 0 Å². The lowest BCUT2D eigenvalue weighted by molar-refractivity contribution is 0.665. The Hall–Kier alpha value is -0.480. The molecule has 2 aliphatic carbocycles. The van der Waals surface area contributed by atoms with Gasteiger partial charge in [-0.3, -0.25) is 0 Å². The van der Waals surface area contributed by atoms with E-state index in [4.69, 9.17) is 0 Å². The number of hydrogen-bond donors (Lipinski definition) is 0. The lowest BCUT2D eigenvalue weighted by Gasteiger charge is -2.11. The Bertz CT molecular complexity index is 156. The van der Waals surface area contributed by atoms with Crippen molar-refractivity contribution in [2.24, 2.45) is 0 Å². The van der Waals surface area contributed by atoms with Gasteiger partial charge in [0.2, 0.25) is 0 Å². The average molecular weight is 106 g/mol. The van der Waals surface area contributed by atoms with Crippen LogP contribution in [-0.2, 0) is 0 Å². The second kappa shape index (κ2) is 1.50. The SMILES string of the molecule is C(=C1CCC1)=C1CC1. The summed E-state index contributed by atoms with van der Waals surface area (Å²) in [5.74, 6) is 0. The summed E-state index contributed by atoms with van der Waals surface area (Å²) in [6.45, 7) is 0. The molecule has 0 atom stereocenters. The summed E-state index contributed by atoms with van der Waals surface area (Å²) in [4.78, 5) is 0. The van der Waals surface area contributed by atoms with Crippen LogP contribution in [0.25, 0.3) is 0 Å². The normalized spacial score (nSPS) is 24.5. The van der Waals surface area contributed by atoms with Crippen molar-refractivity contribution in [1.29, 1.82) is 0 Å². The Labute approximate surface area is 49.9 Å². The molecule has 0 heterocycles. The molecule has 8 heavy (non-hydrogen) atoms. The van der Waals surface area contributed by atoms with E-state index in [0.717, 1.165) is 0 Å². The van der Waals surface area contributed by atoms with E-state index in [1.54, 1.807) is 11.1 Å². The Balaban J connectivity index is 2.20. The Morgan fingerprint density at radius 3 is 1.88 bits per heavy atom. The van der Waals surface area contributed by atoms with Crippen molar-refractivity contribution in [3.63, 3.8) is 0 Å². The minimum absolute atomic E-state index is 1.34. The first kappa shape index (κ1) is 4.40. The van der Waals surface area contributed by atoms with E-state index in [-0.39, 0.29) is 0 Å². The van der Waals surface area contributed by atoms with Crippen LogP contribution < -0.4 is 0 Å². The van der Waals surface area contributed by atoms with Crippen LogP contribution >= 0.6 is 0 Å². The molecule has 2 aliphatic rings. The van der Waals surface area contributed by atoms with Gasteiger partial charge in [-0.1, -0.05) is 0 Å². The molecule has 42 valence electrons. The smallest absolute Gasteiger partial charge is 0.0200 e. The Morgan fingerprint density at radius 1 is 0.875 bits per heavy atom. The van der Waals surface area contributed by atoms with Crippen molar-refractivity contribution < 1.29 is 0 Å². The van der Waals surface area contributed by atoms with Gasteiger partial charge in [0.05, 0.1) is 0 Å². The number of allylic oxidation sites excluding steroid dienone is 1. The molecule has 0 aromatic carbocycles. The zero-order valence-electron chi connectivity index (χ0n) is 5.04. The third kappa shape index (κ3) is 0.719. The molecule has 2 saturated carbocycles. The van der Waals surface area contributed by atoms with Gasteiger partial charge in [-0.2, -0.15) is 0 Å². The molecule has 2 rings (SSSR count). The number of hydrogen-bond acceptors (Lipinski definition) is 0. The molecule has 0 unspecified atom stereocenters. The van der Waals surface area contributed by atoms with Crippen LogP contribution in [0, 0.1) is 0 Å². The molecule has 0 radical (unpaired) electrons. The first-order valence-electron chi connectivity index (χ1n) is 3.41. The first-order chi connectivity index (χ1) is 3.95. The monoisotopic (exact) mass is 106 g/mol. The maximum atomic E-state index is 3.42. The van der Waals surface area contributed by atoms with Gasteiger partial charge in [-0.15, -0.1) is 5.73 Å². The van der Waals surface area contributed by atoms with Crippen LogP contribution in [0.15, 0.2) is 16.9 Å². The highest BCUT2D eigenvalue weighted by Gasteiger charge is 2.13. The van der Waals surface area contributed by atoms with Gasteiger partial charge in [-0.05, 0) is 43.3 Å². The minimum Gasteiger partial charge on any atom is -0.123 e. The summed E-state index contributed by atoms with van der Waals surface area (Å²) in [6, 6.07) is 0. The summed E-state index contributed by atoms with van der Waals surface area (Å²) < 4.78 is 0. The fraction of sp³-hybridized carbons (Fsp3) is 0.625. The van der Waals surface area contributed by atoms with Crippen LogP contribution in [0.2, 0.25) is 0 Å². The van der Waals surface area contributed by atoms with E-state index in [0.29, 0.717) is 0 Å². The van der Waals surface area contributed by atoms with E-state index < -0.39 is 0 Å². The minimum atomic E-state index is 1.34. The standard InChI is InChI=1S/C8H10/c1-2-7(3-1)6-8-4-5-8/h1-5H2. The largest absolute Gasteiger partial charge is 0.123 e. The highest BCUT2D eigenvalue weighted by molar-refractivity contribution is 5.21. The molecule has 0 aliphatic heterocycles. The molecule has 2 fully saturated rings. The van der Waals surface area contributed by atoms with E-state index in [2.05, 4.69) is 5.73 Å². The summed E-state index contributed by atoms with van der Waals surface area (Å²) in [5.41, 5.74) is 6.57. The van der Waals surface area contributed by atoms with Gasteiger partial charge >= 0.3 is 0 Å². The molecule has 0 spiro atoms. The van der Waals surface area contributed by atoms with Gasteiger partial charge in [0.25, 0.3) is 0 Å². The molecule has 0 saturated heterocycles. The first-order valence-corrected chi connectivity index (χ1v) is 3.41. The van der Waals surface area contributed by atoms with Gasteiger partial charge in [0.1, 0.15) is 0 Å². The quantitative estimate of drug-likeness (QED) is 0.416. The fourth-order valence-electron chi connectivity index (χ4n) is 0.916. The zero-order valence-corrected chi connectivity index (χ0v) is 5.04. The van der Waals surface area contributed by atoms with Crippen molar-refractivity contribution >= 4 is 0 Å². The molecule has 0 nitrogen and oxygen atoms in total. The maximum absolute atomic E-state index is 3.42.